The topological polar surface area (TPSA) is 132 Å². The summed E-state index contributed by atoms with van der Waals surface area (Å²) < 4.78 is 1.43. The first-order chi connectivity index (χ1) is 16.1. The molecule has 1 atom stereocenters. The van der Waals surface area contributed by atoms with E-state index in [9.17, 15) is 15.2 Å². The Bertz CT molecular complexity index is 1220. The molecule has 0 fully saturated rings. The highest BCUT2D eigenvalue weighted by molar-refractivity contribution is 6.29. The van der Waals surface area contributed by atoms with Gasteiger partial charge in [0.1, 0.15) is 18.4 Å². The Kier molecular flexibility index (Phi) is 7.39. The average molecular weight is 483 g/mol. The van der Waals surface area contributed by atoms with Gasteiger partial charge in [-0.1, -0.05) is 25.1 Å². The average Bonchev–Trinajstić information content (AvgIpc) is 3.30. The van der Waals surface area contributed by atoms with Crippen LogP contribution in [0.5, 0.6) is 0 Å². The van der Waals surface area contributed by atoms with Crippen molar-refractivity contribution in [3.8, 4) is 6.07 Å². The van der Waals surface area contributed by atoms with Gasteiger partial charge in [0.2, 0.25) is 11.9 Å². The van der Waals surface area contributed by atoms with Crippen LogP contribution < -0.4 is 10.6 Å². The van der Waals surface area contributed by atoms with Crippen LogP contribution in [-0.2, 0) is 11.3 Å². The summed E-state index contributed by atoms with van der Waals surface area (Å²) in [7, 11) is 3.31. The molecule has 2 aromatic rings. The highest BCUT2D eigenvalue weighted by atomic mass is 35.5. The summed E-state index contributed by atoms with van der Waals surface area (Å²) in [4.78, 5) is 22.2. The number of allylic oxidation sites excluding steroid dienone is 3. The van der Waals surface area contributed by atoms with E-state index >= 15 is 0 Å². The van der Waals surface area contributed by atoms with Crippen molar-refractivity contribution in [2.45, 2.75) is 20.4 Å². The molecule has 3 rings (SSSR count). The predicted molar refractivity (Wildman–Crippen MR) is 130 cm³/mol. The summed E-state index contributed by atoms with van der Waals surface area (Å²) >= 11 is 6.04. The number of aromatic nitrogens is 4. The van der Waals surface area contributed by atoms with Crippen LogP contribution >= 0.6 is 11.6 Å². The highest BCUT2D eigenvalue weighted by Crippen LogP contribution is 2.35. The van der Waals surface area contributed by atoms with Gasteiger partial charge < -0.3 is 20.6 Å². The quantitative estimate of drug-likeness (QED) is 0.386. The van der Waals surface area contributed by atoms with Crippen LogP contribution in [0.4, 0.5) is 11.8 Å². The fourth-order valence-corrected chi connectivity index (χ4v) is 3.51. The largest absolute Gasteiger partial charge is 0.395 e. The van der Waals surface area contributed by atoms with Crippen LogP contribution in [0.25, 0.3) is 5.57 Å². The van der Waals surface area contributed by atoms with Gasteiger partial charge in [0.05, 0.1) is 23.6 Å². The summed E-state index contributed by atoms with van der Waals surface area (Å²) in [6.07, 6.45) is 3.21. The minimum Gasteiger partial charge on any atom is -0.395 e. The van der Waals surface area contributed by atoms with Gasteiger partial charge >= 0.3 is 0 Å². The number of rotatable bonds is 8. The van der Waals surface area contributed by atoms with E-state index in [-0.39, 0.29) is 30.2 Å². The van der Waals surface area contributed by atoms with E-state index in [1.54, 1.807) is 38.5 Å². The first kappa shape index (κ1) is 25.0. The molecule has 1 aliphatic heterocycles. The molecule has 0 aromatic carbocycles. The van der Waals surface area contributed by atoms with Crippen LogP contribution in [0.2, 0.25) is 5.15 Å². The molecule has 0 bridgehead atoms. The number of amides is 1. The number of nitrogens with one attached hydrogen (secondary N) is 2. The molecule has 1 aliphatic rings. The Morgan fingerprint density at radius 2 is 2.26 bits per heavy atom. The van der Waals surface area contributed by atoms with E-state index in [0.717, 1.165) is 5.57 Å². The summed E-state index contributed by atoms with van der Waals surface area (Å²) in [6.45, 7) is 8.43. The molecule has 3 heterocycles. The van der Waals surface area contributed by atoms with E-state index in [1.165, 1.54) is 9.58 Å². The zero-order valence-electron chi connectivity index (χ0n) is 19.6. The number of carbonyl (C=O) groups excluding carboxylic acids is 1. The highest BCUT2D eigenvalue weighted by Gasteiger charge is 2.34. The third-order valence-corrected chi connectivity index (χ3v) is 5.94. The number of carbonyl (C=O) groups is 1. The van der Waals surface area contributed by atoms with Crippen molar-refractivity contribution >= 4 is 34.8 Å². The van der Waals surface area contributed by atoms with Crippen molar-refractivity contribution in [1.82, 2.24) is 30.0 Å². The summed E-state index contributed by atoms with van der Waals surface area (Å²) in [5.41, 5.74) is 2.61. The van der Waals surface area contributed by atoms with Crippen LogP contribution in [0.3, 0.4) is 0 Å². The third kappa shape index (κ3) is 5.27. The maximum atomic E-state index is 12.1. The molecule has 0 spiro atoms. The normalized spacial score (nSPS) is 17.9. The number of hydrogen-bond donors (Lipinski definition) is 3. The van der Waals surface area contributed by atoms with Gasteiger partial charge in [-0.3, -0.25) is 4.79 Å². The molecule has 10 nitrogen and oxygen atoms in total. The van der Waals surface area contributed by atoms with Gasteiger partial charge in [-0.25, -0.2) is 14.6 Å². The number of anilines is 2. The van der Waals surface area contributed by atoms with Gasteiger partial charge in [0.25, 0.3) is 0 Å². The molecule has 178 valence electrons. The summed E-state index contributed by atoms with van der Waals surface area (Å²) in [5.74, 6) is 0.556. The molecule has 1 amide bonds. The van der Waals surface area contributed by atoms with Crippen molar-refractivity contribution in [2.24, 2.45) is 5.41 Å². The lowest BCUT2D eigenvalue weighted by atomic mass is 9.85. The van der Waals surface area contributed by atoms with Crippen molar-refractivity contribution in [3.63, 3.8) is 0 Å². The maximum absolute atomic E-state index is 12.1. The fraction of sp³-hybridized carbons (Fsp3) is 0.348. The van der Waals surface area contributed by atoms with Gasteiger partial charge in [0, 0.05) is 38.3 Å². The Hall–Kier alpha value is -3.68. The Labute approximate surface area is 203 Å². The van der Waals surface area contributed by atoms with E-state index in [4.69, 9.17) is 11.6 Å². The Morgan fingerprint density at radius 1 is 1.53 bits per heavy atom. The first-order valence-corrected chi connectivity index (χ1v) is 10.9. The SMILES string of the molecule is C=C(/C=C(/C#N)C1=C(C)[C@@](C)(CO)CN1)c1ccnc(Nc2cc(Cl)nn2CC(=O)N(C)C)n1. The minimum atomic E-state index is -0.420. The van der Waals surface area contributed by atoms with E-state index in [2.05, 4.69) is 38.3 Å². The predicted octanol–water partition coefficient (Wildman–Crippen LogP) is 2.50. The number of aliphatic hydroxyl groups excluding tert-OH is 1. The minimum absolute atomic E-state index is 0.00303. The van der Waals surface area contributed by atoms with Crippen LogP contribution in [0.1, 0.15) is 19.5 Å². The fourth-order valence-electron chi connectivity index (χ4n) is 3.32. The second-order valence-electron chi connectivity index (χ2n) is 8.46. The van der Waals surface area contributed by atoms with Gasteiger partial charge in [0.15, 0.2) is 5.15 Å². The lowest BCUT2D eigenvalue weighted by Crippen LogP contribution is -2.27. The number of nitrogens with zero attached hydrogens (tertiary/aromatic N) is 6. The van der Waals surface area contributed by atoms with Gasteiger partial charge in [-0.05, 0) is 30.2 Å². The lowest BCUT2D eigenvalue weighted by molar-refractivity contribution is -0.129. The second-order valence-corrected chi connectivity index (χ2v) is 8.84. The number of hydrogen-bond acceptors (Lipinski definition) is 8. The molecular formula is C23H27ClN8O2. The molecule has 3 N–H and O–H groups in total. The molecule has 34 heavy (non-hydrogen) atoms. The summed E-state index contributed by atoms with van der Waals surface area (Å²) in [5, 5.41) is 30.1. The molecular weight excluding hydrogens is 456 g/mol. The molecule has 0 unspecified atom stereocenters. The number of likely N-dealkylation sites (N-methyl/N-ethyl adjacent to an activating group) is 1. The summed E-state index contributed by atoms with van der Waals surface area (Å²) in [6, 6.07) is 5.46. The zero-order valence-corrected chi connectivity index (χ0v) is 20.3. The monoisotopic (exact) mass is 482 g/mol. The molecule has 2 aromatic heterocycles. The standard InChI is InChI=1S/C23H27ClN8O2/c1-14(8-16(10-25)21-15(2)23(3,13-33)12-27-21)17-6-7-26-22(28-17)29-19-9-18(24)30-32(19)11-20(34)31(4)5/h6-9,27,33H,1,11-13H2,2-5H3,(H,26,28,29)/b16-8-/t23-/m1/s1. The van der Waals surface area contributed by atoms with Crippen molar-refractivity contribution in [1.29, 1.82) is 5.26 Å². The Morgan fingerprint density at radius 3 is 2.88 bits per heavy atom. The van der Waals surface area contributed by atoms with Crippen LogP contribution in [-0.4, -0.2) is 62.9 Å². The van der Waals surface area contributed by atoms with Crippen molar-refractivity contribution in [2.75, 3.05) is 32.6 Å². The van der Waals surface area contributed by atoms with Gasteiger partial charge in [-0.2, -0.15) is 10.4 Å². The van der Waals surface area contributed by atoms with Gasteiger partial charge in [-0.15, -0.1) is 0 Å². The van der Waals surface area contributed by atoms with Crippen LogP contribution in [0.15, 0.2) is 47.8 Å². The van der Waals surface area contributed by atoms with Crippen molar-refractivity contribution in [3.05, 3.63) is 58.7 Å². The molecule has 0 saturated carbocycles. The van der Waals surface area contributed by atoms with E-state index in [0.29, 0.717) is 34.9 Å². The third-order valence-electron chi connectivity index (χ3n) is 5.75. The van der Waals surface area contributed by atoms with E-state index in [1.807, 2.05) is 13.8 Å². The number of nitriles is 1. The maximum Gasteiger partial charge on any atom is 0.243 e. The number of aliphatic hydroxyl groups is 1. The second kappa shape index (κ2) is 10.1. The van der Waals surface area contributed by atoms with E-state index < -0.39 is 5.41 Å². The molecule has 11 heteroatoms. The molecule has 0 aliphatic carbocycles. The molecule has 0 radical (unpaired) electrons. The zero-order chi connectivity index (χ0) is 25.0. The smallest absolute Gasteiger partial charge is 0.243 e. The van der Waals surface area contributed by atoms with Crippen LogP contribution in [0, 0.1) is 16.7 Å². The lowest BCUT2D eigenvalue weighted by Gasteiger charge is -2.21. The first-order valence-electron chi connectivity index (χ1n) is 10.5. The molecule has 0 saturated heterocycles. The Balaban J connectivity index is 1.85. The van der Waals surface area contributed by atoms with Crippen molar-refractivity contribution < 1.29 is 9.90 Å². The number of halogens is 1.